The summed E-state index contributed by atoms with van der Waals surface area (Å²) in [7, 11) is 0. The topological polar surface area (TPSA) is 293 Å². The summed E-state index contributed by atoms with van der Waals surface area (Å²) in [5.74, 6) is -0.645. The minimum atomic E-state index is -1.85. The predicted octanol–water partition coefficient (Wildman–Crippen LogP) is 1.59. The Bertz CT molecular complexity index is 2000. The second-order valence-corrected chi connectivity index (χ2v) is 26.1. The van der Waals surface area contributed by atoms with Gasteiger partial charge < -0.3 is 89.0 Å². The molecule has 10 N–H and O–H groups in total. The van der Waals surface area contributed by atoms with E-state index in [-0.39, 0.29) is 52.3 Å². The van der Waals surface area contributed by atoms with Crippen molar-refractivity contribution in [3.05, 3.63) is 11.6 Å². The monoisotopic (exact) mass is 1040 g/mol. The lowest BCUT2D eigenvalue weighted by atomic mass is 9.33. The molecule has 418 valence electrons. The van der Waals surface area contributed by atoms with E-state index in [0.717, 1.165) is 51.4 Å². The number of hydrogen-bond donors (Lipinski definition) is 10. The van der Waals surface area contributed by atoms with Crippen LogP contribution in [0.15, 0.2) is 11.6 Å². The van der Waals surface area contributed by atoms with Gasteiger partial charge in [-0.2, -0.15) is 0 Å². The molecule has 8 fully saturated rings. The van der Waals surface area contributed by atoms with Crippen molar-refractivity contribution in [2.24, 2.45) is 56.2 Å². The fourth-order valence-electron chi connectivity index (χ4n) is 16.5. The molecule has 9 rings (SSSR count). The zero-order chi connectivity index (χ0) is 53.1. The number of esters is 1. The molecule has 0 aromatic carbocycles. The quantitative estimate of drug-likeness (QED) is 0.110. The van der Waals surface area contributed by atoms with E-state index in [1.807, 2.05) is 0 Å². The molecule has 19 nitrogen and oxygen atoms in total. The van der Waals surface area contributed by atoms with Crippen LogP contribution in [0.5, 0.6) is 0 Å². The lowest BCUT2D eigenvalue weighted by Crippen LogP contribution is -2.66. The van der Waals surface area contributed by atoms with Crippen LogP contribution in [0.2, 0.25) is 0 Å². The van der Waals surface area contributed by atoms with Crippen molar-refractivity contribution in [2.75, 3.05) is 26.4 Å². The molecule has 0 bridgehead atoms. The van der Waals surface area contributed by atoms with Crippen molar-refractivity contribution in [1.29, 1.82) is 0 Å². The van der Waals surface area contributed by atoms with Crippen LogP contribution in [0.4, 0.5) is 0 Å². The van der Waals surface area contributed by atoms with Gasteiger partial charge in [0.2, 0.25) is 6.29 Å². The van der Waals surface area contributed by atoms with E-state index in [1.54, 1.807) is 6.92 Å². The van der Waals surface area contributed by atoms with Gasteiger partial charge in [-0.25, -0.2) is 0 Å². The first-order valence-electron chi connectivity index (χ1n) is 27.3. The zero-order valence-electron chi connectivity index (χ0n) is 44.3. The molecular formula is C54H88O19. The minimum absolute atomic E-state index is 0.00532. The number of carbonyl (C=O) groups excluding carboxylic acids is 1. The van der Waals surface area contributed by atoms with Gasteiger partial charge >= 0.3 is 5.97 Å². The second kappa shape index (κ2) is 20.3. The van der Waals surface area contributed by atoms with Crippen LogP contribution in [-0.2, 0) is 42.7 Å². The van der Waals surface area contributed by atoms with E-state index in [9.17, 15) is 51.1 Å². The Morgan fingerprint density at radius 2 is 1.30 bits per heavy atom. The van der Waals surface area contributed by atoms with Crippen molar-refractivity contribution in [2.45, 2.75) is 237 Å². The molecule has 4 heterocycles. The highest BCUT2D eigenvalue weighted by Crippen LogP contribution is 2.76. The molecule has 4 saturated heterocycles. The summed E-state index contributed by atoms with van der Waals surface area (Å²) in [6.45, 7) is 18.7. The highest BCUT2D eigenvalue weighted by Gasteiger charge is 2.70. The number of hydrogen-bond acceptors (Lipinski definition) is 19. The van der Waals surface area contributed by atoms with Gasteiger partial charge in [0, 0.05) is 5.92 Å². The molecule has 0 radical (unpaired) electrons. The van der Waals surface area contributed by atoms with Gasteiger partial charge in [-0.05, 0) is 116 Å². The van der Waals surface area contributed by atoms with E-state index < -0.39 is 135 Å². The standard InChI is InChI=1S/C54H88O19/c1-25-36(58)43(72-47-41(63)39(61)44(31(22-56)70-47)71-42-26(2)67-45(64)40(62)38(42)60)30(21-55)69-46(25)73-48(65)54-18-16-49(3,4)20-28(54)27-10-11-34-51(7)14-13-35(68-32-24-66-23-29(57)37(32)59)50(5,6)33(51)12-15-53(34,9)52(27,8)17-19-54/h10,25-26,28-47,55-64H,11-24H2,1-9H3. The first-order valence-corrected chi connectivity index (χ1v) is 27.3. The maximum absolute atomic E-state index is 15.2. The Balaban J connectivity index is 0.900. The lowest BCUT2D eigenvalue weighted by Gasteiger charge is -2.71. The summed E-state index contributed by atoms with van der Waals surface area (Å²) in [6, 6.07) is 0. The molecule has 19 heteroatoms. The third-order valence-corrected chi connectivity index (χ3v) is 21.3. The largest absolute Gasteiger partial charge is 0.435 e. The van der Waals surface area contributed by atoms with Crippen LogP contribution in [0, 0.1) is 56.2 Å². The summed E-state index contributed by atoms with van der Waals surface area (Å²) in [5, 5.41) is 107. The number of fused-ring (bicyclic) bond motifs is 7. The fourth-order valence-corrected chi connectivity index (χ4v) is 16.5. The molecule has 0 amide bonds. The number of carbonyl (C=O) groups is 1. The van der Waals surface area contributed by atoms with Crippen LogP contribution in [0.3, 0.4) is 0 Å². The molecule has 5 aliphatic carbocycles. The first kappa shape index (κ1) is 56.3. The van der Waals surface area contributed by atoms with E-state index in [0.29, 0.717) is 24.7 Å². The first-order chi connectivity index (χ1) is 34.2. The second-order valence-electron chi connectivity index (χ2n) is 26.1. The summed E-state index contributed by atoms with van der Waals surface area (Å²) in [5.41, 5.74) is -0.00554. The maximum atomic E-state index is 15.2. The molecule has 4 aliphatic heterocycles. The van der Waals surface area contributed by atoms with E-state index in [1.165, 1.54) is 12.5 Å². The molecule has 0 aromatic heterocycles. The van der Waals surface area contributed by atoms with E-state index in [4.69, 9.17) is 37.9 Å². The Morgan fingerprint density at radius 3 is 1.99 bits per heavy atom. The Labute approximate surface area is 429 Å². The molecule has 26 atom stereocenters. The van der Waals surface area contributed by atoms with Crippen molar-refractivity contribution < 1.29 is 93.8 Å². The third-order valence-electron chi connectivity index (χ3n) is 21.3. The Kier molecular flexibility index (Phi) is 15.7. The van der Waals surface area contributed by atoms with Gasteiger partial charge in [0.1, 0.15) is 73.2 Å². The number of rotatable bonds is 10. The normalized spacial score (nSPS) is 53.7. The SMILES string of the molecule is CC1OC(O)C(O)C(O)C1OC1C(CO)OC(OC2C(CO)OC(OC(=O)C34CCC(C)(C)CC3C3=CCC5C6(C)CCC(OC7COCC(O)C7O)C(C)(C)C6CCC5(C)C3(C)CC4)C(C)C2O)C(O)C1O. The number of aliphatic hydroxyl groups is 10. The molecule has 4 saturated carbocycles. The Morgan fingerprint density at radius 1 is 0.658 bits per heavy atom. The molecular weight excluding hydrogens is 953 g/mol. The predicted molar refractivity (Wildman–Crippen MR) is 257 cm³/mol. The molecule has 26 unspecified atom stereocenters. The van der Waals surface area contributed by atoms with Crippen LogP contribution in [0.25, 0.3) is 0 Å². The minimum Gasteiger partial charge on any atom is -0.435 e. The highest BCUT2D eigenvalue weighted by molar-refractivity contribution is 5.79. The smallest absolute Gasteiger partial charge is 0.315 e. The third kappa shape index (κ3) is 9.22. The Hall–Kier alpha value is -1.47. The summed E-state index contributed by atoms with van der Waals surface area (Å²) < 4.78 is 48.1. The van der Waals surface area contributed by atoms with Gasteiger partial charge in [-0.1, -0.05) is 67.0 Å². The van der Waals surface area contributed by atoms with Crippen molar-refractivity contribution in [3.8, 4) is 0 Å². The number of allylic oxidation sites excluding steroid dienone is 2. The number of aliphatic hydroxyl groups excluding tert-OH is 10. The number of ether oxygens (including phenoxy) is 8. The van der Waals surface area contributed by atoms with Crippen molar-refractivity contribution in [3.63, 3.8) is 0 Å². The zero-order valence-corrected chi connectivity index (χ0v) is 44.3. The molecule has 0 aromatic rings. The van der Waals surface area contributed by atoms with Crippen LogP contribution in [0.1, 0.15) is 127 Å². The lowest BCUT2D eigenvalue weighted by molar-refractivity contribution is -0.364. The van der Waals surface area contributed by atoms with Gasteiger partial charge in [-0.15, -0.1) is 0 Å². The van der Waals surface area contributed by atoms with Crippen LogP contribution in [-0.4, -0.2) is 194 Å². The van der Waals surface area contributed by atoms with Gasteiger partial charge in [0.05, 0.1) is 50.2 Å². The average Bonchev–Trinajstić information content (AvgIpc) is 3.33. The molecule has 73 heavy (non-hydrogen) atoms. The summed E-state index contributed by atoms with van der Waals surface area (Å²) >= 11 is 0. The van der Waals surface area contributed by atoms with Crippen molar-refractivity contribution >= 4 is 5.97 Å². The molecule has 9 aliphatic rings. The molecule has 0 spiro atoms. The van der Waals surface area contributed by atoms with Crippen LogP contribution < -0.4 is 0 Å². The van der Waals surface area contributed by atoms with Crippen molar-refractivity contribution in [1.82, 2.24) is 0 Å². The fraction of sp³-hybridized carbons (Fsp3) is 0.944. The summed E-state index contributed by atoms with van der Waals surface area (Å²) in [6.07, 6.45) is -12.6. The van der Waals surface area contributed by atoms with E-state index in [2.05, 4.69) is 54.5 Å². The highest BCUT2D eigenvalue weighted by atomic mass is 16.7. The van der Waals surface area contributed by atoms with E-state index >= 15 is 4.79 Å². The maximum Gasteiger partial charge on any atom is 0.315 e. The summed E-state index contributed by atoms with van der Waals surface area (Å²) in [4.78, 5) is 15.2. The van der Waals surface area contributed by atoms with Gasteiger partial charge in [-0.3, -0.25) is 4.79 Å². The van der Waals surface area contributed by atoms with Gasteiger partial charge in [0.25, 0.3) is 0 Å². The average molecular weight is 1040 g/mol. The van der Waals surface area contributed by atoms with Crippen LogP contribution >= 0.6 is 0 Å². The van der Waals surface area contributed by atoms with Gasteiger partial charge in [0.15, 0.2) is 12.6 Å².